The number of fused-ring (bicyclic) bond motifs is 2. The predicted molar refractivity (Wildman–Crippen MR) is 134 cm³/mol. The molecule has 3 aromatic rings. The van der Waals surface area contributed by atoms with E-state index in [1.165, 1.54) is 0 Å². The van der Waals surface area contributed by atoms with Gasteiger partial charge in [0.1, 0.15) is 29.5 Å². The average molecular weight is 515 g/mol. The number of carbonyl (C=O) groups excluding carboxylic acids is 3. The SMILES string of the molecule is Cc1oc2c(C)c3oc(=O)c(CC(=O)NC(CCCNC(N)=O)C(=O)NCC(=O)O)c(C)c3cc2c1C. The van der Waals surface area contributed by atoms with Gasteiger partial charge in [0.15, 0.2) is 0 Å². The fourth-order valence-corrected chi connectivity index (χ4v) is 4.18. The van der Waals surface area contributed by atoms with E-state index in [-0.39, 0.29) is 31.4 Å². The summed E-state index contributed by atoms with van der Waals surface area (Å²) in [5.74, 6) is -1.82. The van der Waals surface area contributed by atoms with Crippen LogP contribution < -0.4 is 27.3 Å². The van der Waals surface area contributed by atoms with Crippen molar-refractivity contribution in [3.8, 4) is 0 Å². The van der Waals surface area contributed by atoms with Gasteiger partial charge in [0.2, 0.25) is 11.8 Å². The van der Waals surface area contributed by atoms with E-state index >= 15 is 0 Å². The number of aryl methyl sites for hydroxylation is 4. The van der Waals surface area contributed by atoms with Gasteiger partial charge < -0.3 is 35.6 Å². The highest BCUT2D eigenvalue weighted by Crippen LogP contribution is 2.34. The topological polar surface area (TPSA) is 194 Å². The van der Waals surface area contributed by atoms with E-state index in [0.29, 0.717) is 27.7 Å². The summed E-state index contributed by atoms with van der Waals surface area (Å²) in [7, 11) is 0. The number of nitrogens with one attached hydrogen (secondary N) is 3. The van der Waals surface area contributed by atoms with Crippen LogP contribution in [0.5, 0.6) is 0 Å². The molecule has 37 heavy (non-hydrogen) atoms. The first-order valence-electron chi connectivity index (χ1n) is 11.7. The first kappa shape index (κ1) is 27.2. The fourth-order valence-electron chi connectivity index (χ4n) is 4.18. The lowest BCUT2D eigenvalue weighted by molar-refractivity contribution is -0.138. The molecule has 0 radical (unpaired) electrons. The van der Waals surface area contributed by atoms with Crippen molar-refractivity contribution >= 4 is 45.8 Å². The van der Waals surface area contributed by atoms with Gasteiger partial charge in [-0.3, -0.25) is 14.4 Å². The van der Waals surface area contributed by atoms with Crippen LogP contribution in [0.25, 0.3) is 21.9 Å². The third-order valence-corrected chi connectivity index (χ3v) is 6.32. The molecule has 0 saturated heterocycles. The quantitative estimate of drug-likeness (QED) is 0.198. The zero-order valence-corrected chi connectivity index (χ0v) is 21.1. The second-order valence-electron chi connectivity index (χ2n) is 8.87. The molecule has 0 fully saturated rings. The van der Waals surface area contributed by atoms with Crippen molar-refractivity contribution < 1.29 is 33.1 Å². The van der Waals surface area contributed by atoms with Crippen molar-refractivity contribution in [2.24, 2.45) is 5.73 Å². The zero-order chi connectivity index (χ0) is 27.4. The number of furan rings is 1. The van der Waals surface area contributed by atoms with E-state index in [0.717, 1.165) is 16.7 Å². The van der Waals surface area contributed by atoms with Crippen molar-refractivity contribution in [2.45, 2.75) is 53.0 Å². The van der Waals surface area contributed by atoms with Gasteiger partial charge in [-0.25, -0.2) is 9.59 Å². The van der Waals surface area contributed by atoms with Gasteiger partial charge >= 0.3 is 17.6 Å². The lowest BCUT2D eigenvalue weighted by atomic mass is 9.98. The molecular formula is C25H30N4O8. The van der Waals surface area contributed by atoms with Crippen molar-refractivity contribution in [2.75, 3.05) is 13.1 Å². The molecule has 0 spiro atoms. The van der Waals surface area contributed by atoms with E-state index in [9.17, 15) is 24.0 Å². The largest absolute Gasteiger partial charge is 0.480 e. The average Bonchev–Trinajstić information content (AvgIpc) is 3.11. The summed E-state index contributed by atoms with van der Waals surface area (Å²) in [4.78, 5) is 59.9. The van der Waals surface area contributed by atoms with Gasteiger partial charge in [-0.2, -0.15) is 0 Å². The van der Waals surface area contributed by atoms with E-state index in [1.807, 2.05) is 19.9 Å². The van der Waals surface area contributed by atoms with Crippen LogP contribution in [0.2, 0.25) is 0 Å². The van der Waals surface area contributed by atoms with Crippen LogP contribution in [0.4, 0.5) is 4.79 Å². The molecule has 1 atom stereocenters. The molecule has 12 heteroatoms. The number of benzene rings is 1. The smallest absolute Gasteiger partial charge is 0.340 e. The molecular weight excluding hydrogens is 484 g/mol. The van der Waals surface area contributed by atoms with Crippen LogP contribution in [-0.4, -0.2) is 48.1 Å². The molecule has 198 valence electrons. The van der Waals surface area contributed by atoms with Crippen LogP contribution in [0.3, 0.4) is 0 Å². The molecule has 2 aromatic heterocycles. The summed E-state index contributed by atoms with van der Waals surface area (Å²) in [6.07, 6.45) is 0.0240. The van der Waals surface area contributed by atoms with Gasteiger partial charge in [-0.05, 0) is 57.7 Å². The number of hydrogen-bond donors (Lipinski definition) is 5. The zero-order valence-electron chi connectivity index (χ0n) is 21.1. The van der Waals surface area contributed by atoms with E-state index < -0.39 is 42.0 Å². The monoisotopic (exact) mass is 514 g/mol. The maximum absolute atomic E-state index is 12.9. The summed E-state index contributed by atoms with van der Waals surface area (Å²) in [6.45, 7) is 6.84. The third kappa shape index (κ3) is 6.08. The standard InChI is InChI=1S/C25H30N4O8/c1-11-14(4)36-21-13(3)22-16(8-15(11)21)12(2)17(24(34)37-22)9-19(30)29-18(6-5-7-27-25(26)35)23(33)28-10-20(31)32/h8,18H,5-7,9-10H2,1-4H3,(H,28,33)(H,29,30)(H,31,32)(H3,26,27,35). The number of hydrogen-bond acceptors (Lipinski definition) is 7. The molecule has 0 bridgehead atoms. The number of rotatable bonds is 10. The van der Waals surface area contributed by atoms with Crippen molar-refractivity contribution in [1.29, 1.82) is 0 Å². The molecule has 12 nitrogen and oxygen atoms in total. The van der Waals surface area contributed by atoms with Gasteiger partial charge in [0, 0.05) is 22.9 Å². The molecule has 0 saturated carbocycles. The minimum atomic E-state index is -1.24. The summed E-state index contributed by atoms with van der Waals surface area (Å²) in [5, 5.41) is 17.5. The number of urea groups is 1. The number of aliphatic carboxylic acids is 1. The van der Waals surface area contributed by atoms with Crippen molar-refractivity contribution in [3.05, 3.63) is 44.5 Å². The molecule has 0 aliphatic rings. The molecule has 1 unspecified atom stereocenters. The number of carbonyl (C=O) groups is 4. The Hall–Kier alpha value is -4.35. The Morgan fingerprint density at radius 3 is 2.27 bits per heavy atom. The van der Waals surface area contributed by atoms with E-state index in [4.69, 9.17) is 19.7 Å². The molecule has 1 aromatic carbocycles. The Morgan fingerprint density at radius 1 is 0.973 bits per heavy atom. The van der Waals surface area contributed by atoms with Crippen LogP contribution in [-0.2, 0) is 20.8 Å². The highest BCUT2D eigenvalue weighted by molar-refractivity contribution is 6.00. The van der Waals surface area contributed by atoms with E-state index in [2.05, 4.69) is 16.0 Å². The molecule has 0 aliphatic carbocycles. The van der Waals surface area contributed by atoms with Crippen LogP contribution in [0.15, 0.2) is 19.7 Å². The first-order valence-corrected chi connectivity index (χ1v) is 11.7. The second-order valence-corrected chi connectivity index (χ2v) is 8.87. The second kappa shape index (κ2) is 11.1. The summed E-state index contributed by atoms with van der Waals surface area (Å²) in [5.41, 5.74) is 7.71. The Bertz CT molecular complexity index is 1450. The first-order chi connectivity index (χ1) is 17.4. The maximum atomic E-state index is 12.9. The number of carboxylic acids is 1. The van der Waals surface area contributed by atoms with Gasteiger partial charge in [-0.1, -0.05) is 0 Å². The van der Waals surface area contributed by atoms with Gasteiger partial charge in [0.05, 0.1) is 12.0 Å². The molecule has 0 aliphatic heterocycles. The maximum Gasteiger partial charge on any atom is 0.340 e. The lowest BCUT2D eigenvalue weighted by Crippen LogP contribution is -2.48. The Morgan fingerprint density at radius 2 is 1.62 bits per heavy atom. The third-order valence-electron chi connectivity index (χ3n) is 6.32. The molecule has 3 rings (SSSR count). The van der Waals surface area contributed by atoms with Gasteiger partial charge in [0.25, 0.3) is 0 Å². The van der Waals surface area contributed by atoms with Crippen LogP contribution in [0.1, 0.15) is 40.9 Å². The highest BCUT2D eigenvalue weighted by atomic mass is 16.4. The summed E-state index contributed by atoms with van der Waals surface area (Å²) in [6, 6.07) is 0.0484. The summed E-state index contributed by atoms with van der Waals surface area (Å²) >= 11 is 0. The normalized spacial score (nSPS) is 11.9. The number of carboxylic acid groups (broad SMARTS) is 1. The number of amides is 4. The summed E-state index contributed by atoms with van der Waals surface area (Å²) < 4.78 is 11.4. The number of nitrogens with two attached hydrogens (primary N) is 1. The predicted octanol–water partition coefficient (Wildman–Crippen LogP) is 1.45. The lowest BCUT2D eigenvalue weighted by Gasteiger charge is -2.18. The molecule has 4 amide bonds. The minimum Gasteiger partial charge on any atom is -0.480 e. The minimum absolute atomic E-state index is 0.0963. The number of primary amides is 1. The van der Waals surface area contributed by atoms with Crippen LogP contribution in [0, 0.1) is 27.7 Å². The van der Waals surface area contributed by atoms with E-state index in [1.54, 1.807) is 13.8 Å². The fraction of sp³-hybridized carbons (Fsp3) is 0.400. The van der Waals surface area contributed by atoms with Crippen LogP contribution >= 0.6 is 0 Å². The molecule has 2 heterocycles. The highest BCUT2D eigenvalue weighted by Gasteiger charge is 2.24. The molecule has 6 N–H and O–H groups in total. The Labute approximate surface area is 211 Å². The Balaban J connectivity index is 1.86. The van der Waals surface area contributed by atoms with Gasteiger partial charge in [-0.15, -0.1) is 0 Å². The van der Waals surface area contributed by atoms with Crippen molar-refractivity contribution in [1.82, 2.24) is 16.0 Å². The van der Waals surface area contributed by atoms with Crippen molar-refractivity contribution in [3.63, 3.8) is 0 Å². The Kier molecular flexibility index (Phi) is 8.21.